The molecule has 0 aliphatic rings. The molecule has 0 saturated heterocycles. The van der Waals surface area contributed by atoms with Crippen LogP contribution in [0.15, 0.2) is 47.5 Å². The Kier molecular flexibility index (Phi) is 5.13. The Hall–Kier alpha value is -2.14. The number of nitrogens with zero attached hydrogens (tertiary/aromatic N) is 1. The van der Waals surface area contributed by atoms with E-state index in [2.05, 4.69) is 27.4 Å². The fraction of sp³-hybridized carbons (Fsp3) is 0.286. The van der Waals surface area contributed by atoms with Gasteiger partial charge in [0.1, 0.15) is 0 Å². The van der Waals surface area contributed by atoms with Gasteiger partial charge in [-0.1, -0.05) is 30.3 Å². The van der Waals surface area contributed by atoms with Gasteiger partial charge in [-0.05, 0) is 18.5 Å². The van der Waals surface area contributed by atoms with Crippen molar-refractivity contribution in [1.29, 1.82) is 0 Å². The molecule has 1 aromatic carbocycles. The molecule has 1 heterocycles. The van der Waals surface area contributed by atoms with Crippen molar-refractivity contribution < 1.29 is 4.74 Å². The van der Waals surface area contributed by atoms with Crippen molar-refractivity contribution in [3.8, 4) is 5.88 Å². The van der Waals surface area contributed by atoms with Gasteiger partial charge >= 0.3 is 0 Å². The number of aromatic nitrogens is 2. The van der Waals surface area contributed by atoms with Gasteiger partial charge in [-0.3, -0.25) is 4.79 Å². The number of nitrogens with one attached hydrogen (secondary N) is 2. The second kappa shape index (κ2) is 7.33. The van der Waals surface area contributed by atoms with Crippen LogP contribution in [0.5, 0.6) is 5.88 Å². The monoisotopic (exact) mass is 259 g/mol. The third kappa shape index (κ3) is 4.93. The van der Waals surface area contributed by atoms with Crippen LogP contribution in [0.2, 0.25) is 0 Å². The maximum absolute atomic E-state index is 11.0. The average Bonchev–Trinajstić information content (AvgIpc) is 2.44. The van der Waals surface area contributed by atoms with E-state index in [0.29, 0.717) is 12.5 Å². The summed E-state index contributed by atoms with van der Waals surface area (Å²) in [6, 6.07) is 11.6. The van der Waals surface area contributed by atoms with Crippen molar-refractivity contribution in [3.05, 3.63) is 58.6 Å². The molecule has 2 rings (SSSR count). The highest BCUT2D eigenvalue weighted by atomic mass is 16.5. The summed E-state index contributed by atoms with van der Waals surface area (Å²) >= 11 is 0. The Labute approximate surface area is 111 Å². The highest BCUT2D eigenvalue weighted by Crippen LogP contribution is 1.99. The minimum atomic E-state index is -0.202. The fourth-order valence-electron chi connectivity index (χ4n) is 1.63. The molecule has 0 radical (unpaired) electrons. The van der Waals surface area contributed by atoms with E-state index < -0.39 is 0 Å². The number of ether oxygens (including phenoxy) is 1. The zero-order valence-electron chi connectivity index (χ0n) is 10.6. The largest absolute Gasteiger partial charge is 0.477 e. The van der Waals surface area contributed by atoms with E-state index in [1.54, 1.807) is 0 Å². The normalized spacial score (nSPS) is 10.3. The lowest BCUT2D eigenvalue weighted by atomic mass is 10.2. The molecule has 0 fully saturated rings. The van der Waals surface area contributed by atoms with Crippen molar-refractivity contribution in [2.45, 2.75) is 13.0 Å². The number of hydrogen-bond donors (Lipinski definition) is 2. The van der Waals surface area contributed by atoms with Crippen molar-refractivity contribution >= 4 is 0 Å². The van der Waals surface area contributed by atoms with E-state index in [4.69, 9.17) is 4.74 Å². The molecule has 100 valence electrons. The Morgan fingerprint density at radius 3 is 2.89 bits per heavy atom. The summed E-state index contributed by atoms with van der Waals surface area (Å²) in [5.74, 6) is 0.367. The molecule has 0 unspecified atom stereocenters. The Morgan fingerprint density at radius 2 is 2.11 bits per heavy atom. The van der Waals surface area contributed by atoms with Crippen LogP contribution in [0, 0.1) is 0 Å². The molecule has 0 aliphatic heterocycles. The standard InChI is InChI=1S/C14H17N3O2/c18-13-9-14(17-11-16-13)19-8-4-7-15-10-12-5-2-1-3-6-12/h1-3,5-6,9,11,15H,4,7-8,10H2,(H,16,17,18). The van der Waals surface area contributed by atoms with E-state index in [1.165, 1.54) is 18.0 Å². The molecule has 5 nitrogen and oxygen atoms in total. The summed E-state index contributed by atoms with van der Waals surface area (Å²) in [5, 5.41) is 3.33. The topological polar surface area (TPSA) is 67.0 Å². The van der Waals surface area contributed by atoms with Crippen LogP contribution in [-0.2, 0) is 6.54 Å². The van der Waals surface area contributed by atoms with Gasteiger partial charge in [0.2, 0.25) is 5.88 Å². The van der Waals surface area contributed by atoms with Crippen LogP contribution in [0.25, 0.3) is 0 Å². The van der Waals surface area contributed by atoms with Gasteiger partial charge in [-0.2, -0.15) is 0 Å². The summed E-state index contributed by atoms with van der Waals surface area (Å²) in [5.41, 5.74) is 1.06. The van der Waals surface area contributed by atoms with Gasteiger partial charge in [0.05, 0.1) is 19.0 Å². The first-order valence-corrected chi connectivity index (χ1v) is 6.27. The molecule has 0 aliphatic carbocycles. The quantitative estimate of drug-likeness (QED) is 0.736. The number of aromatic amines is 1. The molecule has 2 N–H and O–H groups in total. The van der Waals surface area contributed by atoms with Gasteiger partial charge in [0.15, 0.2) is 0 Å². The molecule has 0 spiro atoms. The lowest BCUT2D eigenvalue weighted by Crippen LogP contribution is -2.17. The first-order valence-electron chi connectivity index (χ1n) is 6.27. The van der Waals surface area contributed by atoms with Crippen LogP contribution in [-0.4, -0.2) is 23.1 Å². The lowest BCUT2D eigenvalue weighted by molar-refractivity contribution is 0.295. The summed E-state index contributed by atoms with van der Waals surface area (Å²) in [4.78, 5) is 17.3. The van der Waals surface area contributed by atoms with E-state index in [-0.39, 0.29) is 5.56 Å². The fourth-order valence-corrected chi connectivity index (χ4v) is 1.63. The maximum atomic E-state index is 11.0. The zero-order valence-corrected chi connectivity index (χ0v) is 10.6. The second-order valence-electron chi connectivity index (χ2n) is 4.11. The highest BCUT2D eigenvalue weighted by Gasteiger charge is 1.96. The smallest absolute Gasteiger partial charge is 0.254 e. The number of H-pyrrole nitrogens is 1. The molecular formula is C14H17N3O2. The van der Waals surface area contributed by atoms with E-state index >= 15 is 0 Å². The van der Waals surface area contributed by atoms with E-state index in [0.717, 1.165) is 19.5 Å². The summed E-state index contributed by atoms with van der Waals surface area (Å²) in [6.45, 7) is 2.25. The molecule has 0 saturated carbocycles. The Bertz CT molecular complexity index is 540. The Morgan fingerprint density at radius 1 is 1.26 bits per heavy atom. The average molecular weight is 259 g/mol. The van der Waals surface area contributed by atoms with Gasteiger partial charge in [-0.25, -0.2) is 4.98 Å². The predicted octanol–water partition coefficient (Wildman–Crippen LogP) is 1.33. The molecule has 0 bridgehead atoms. The number of hydrogen-bond acceptors (Lipinski definition) is 4. The van der Waals surface area contributed by atoms with Gasteiger partial charge in [-0.15, -0.1) is 0 Å². The van der Waals surface area contributed by atoms with Crippen molar-refractivity contribution in [1.82, 2.24) is 15.3 Å². The first kappa shape index (κ1) is 13.3. The minimum Gasteiger partial charge on any atom is -0.477 e. The number of benzene rings is 1. The second-order valence-corrected chi connectivity index (χ2v) is 4.11. The van der Waals surface area contributed by atoms with Crippen LogP contribution >= 0.6 is 0 Å². The molecule has 5 heteroatoms. The van der Waals surface area contributed by atoms with Crippen LogP contribution in [0.4, 0.5) is 0 Å². The molecule has 0 atom stereocenters. The molecule has 2 aromatic rings. The highest BCUT2D eigenvalue weighted by molar-refractivity contribution is 5.14. The summed E-state index contributed by atoms with van der Waals surface area (Å²) in [7, 11) is 0. The molecule has 1 aromatic heterocycles. The molecular weight excluding hydrogens is 242 g/mol. The molecule has 19 heavy (non-hydrogen) atoms. The Balaban J connectivity index is 1.59. The summed E-state index contributed by atoms with van der Waals surface area (Å²) in [6.07, 6.45) is 2.20. The number of rotatable bonds is 7. The van der Waals surface area contributed by atoms with Gasteiger partial charge < -0.3 is 15.0 Å². The van der Waals surface area contributed by atoms with Crippen molar-refractivity contribution in [2.75, 3.05) is 13.2 Å². The predicted molar refractivity (Wildman–Crippen MR) is 73.1 cm³/mol. The summed E-state index contributed by atoms with van der Waals surface area (Å²) < 4.78 is 5.37. The van der Waals surface area contributed by atoms with Crippen LogP contribution in [0.1, 0.15) is 12.0 Å². The zero-order chi connectivity index (χ0) is 13.3. The van der Waals surface area contributed by atoms with E-state index in [1.807, 2.05) is 18.2 Å². The van der Waals surface area contributed by atoms with Crippen molar-refractivity contribution in [3.63, 3.8) is 0 Å². The van der Waals surface area contributed by atoms with E-state index in [9.17, 15) is 4.79 Å². The third-order valence-electron chi connectivity index (χ3n) is 2.57. The van der Waals surface area contributed by atoms with Crippen LogP contribution < -0.4 is 15.6 Å². The first-order chi connectivity index (χ1) is 9.34. The maximum Gasteiger partial charge on any atom is 0.254 e. The third-order valence-corrected chi connectivity index (χ3v) is 2.57. The molecule has 0 amide bonds. The van der Waals surface area contributed by atoms with Crippen molar-refractivity contribution in [2.24, 2.45) is 0 Å². The van der Waals surface area contributed by atoms with Gasteiger partial charge in [0.25, 0.3) is 5.56 Å². The van der Waals surface area contributed by atoms with Crippen LogP contribution in [0.3, 0.4) is 0 Å². The minimum absolute atomic E-state index is 0.202. The van der Waals surface area contributed by atoms with Gasteiger partial charge in [0, 0.05) is 6.54 Å². The SMILES string of the molecule is O=c1cc(OCCCNCc2ccccc2)nc[nH]1. The lowest BCUT2D eigenvalue weighted by Gasteiger charge is -2.06.